The Morgan fingerprint density at radius 2 is 1.78 bits per heavy atom. The van der Waals surface area contributed by atoms with Gasteiger partial charge >= 0.3 is 5.97 Å². The van der Waals surface area contributed by atoms with Gasteiger partial charge in [-0.3, -0.25) is 4.79 Å². The van der Waals surface area contributed by atoms with Crippen LogP contribution in [-0.2, 0) is 22.2 Å². The quantitative estimate of drug-likeness (QED) is 0.538. The highest BCUT2D eigenvalue weighted by molar-refractivity contribution is 6.30. The van der Waals surface area contributed by atoms with E-state index in [9.17, 15) is 14.7 Å². The molecule has 0 saturated heterocycles. The van der Waals surface area contributed by atoms with Crippen LogP contribution in [0.5, 0.6) is 0 Å². The number of benzene rings is 3. The molecule has 4 nitrogen and oxygen atoms in total. The van der Waals surface area contributed by atoms with E-state index in [1.807, 2.05) is 53.4 Å². The number of carboxylic acid groups (broad SMARTS) is 1. The van der Waals surface area contributed by atoms with Gasteiger partial charge in [0.25, 0.3) is 0 Å². The Bertz CT molecular complexity index is 1240. The van der Waals surface area contributed by atoms with Crippen molar-refractivity contribution in [1.29, 1.82) is 0 Å². The number of hydrogen-bond donors (Lipinski definition) is 1. The minimum Gasteiger partial charge on any atom is -0.478 e. The molecule has 0 bridgehead atoms. The molecule has 32 heavy (non-hydrogen) atoms. The van der Waals surface area contributed by atoms with Crippen LogP contribution in [0.2, 0.25) is 5.02 Å². The van der Waals surface area contributed by atoms with Crippen molar-refractivity contribution in [2.75, 3.05) is 4.90 Å². The predicted octanol–water partition coefficient (Wildman–Crippen LogP) is 5.82. The van der Waals surface area contributed by atoms with E-state index in [1.54, 1.807) is 18.2 Å². The predicted molar refractivity (Wildman–Crippen MR) is 125 cm³/mol. The fourth-order valence-electron chi connectivity index (χ4n) is 5.77. The maximum atomic E-state index is 14.1. The summed E-state index contributed by atoms with van der Waals surface area (Å²) < 4.78 is 0. The van der Waals surface area contributed by atoms with Gasteiger partial charge in [0, 0.05) is 16.1 Å². The Hall–Kier alpha value is -3.11. The SMILES string of the molecule is CC(C)[C@]1(c2ccc(Cl)cc2)C[C@]12C(=O)N(Cc1cccc(C(=O)O)c1)c1ccccc12. The second-order valence-electron chi connectivity index (χ2n) is 9.13. The Labute approximate surface area is 192 Å². The minimum absolute atomic E-state index is 0.0862. The molecule has 5 rings (SSSR count). The van der Waals surface area contributed by atoms with E-state index < -0.39 is 11.4 Å². The summed E-state index contributed by atoms with van der Waals surface area (Å²) in [6.07, 6.45) is 0.751. The zero-order chi connectivity index (χ0) is 22.7. The fourth-order valence-corrected chi connectivity index (χ4v) is 5.90. The number of para-hydroxylation sites is 1. The summed E-state index contributed by atoms with van der Waals surface area (Å²) >= 11 is 6.15. The van der Waals surface area contributed by atoms with Crippen molar-refractivity contribution < 1.29 is 14.7 Å². The lowest BCUT2D eigenvalue weighted by Crippen LogP contribution is -2.38. The summed E-state index contributed by atoms with van der Waals surface area (Å²) in [7, 11) is 0. The van der Waals surface area contributed by atoms with Gasteiger partial charge in [0.1, 0.15) is 0 Å². The van der Waals surface area contributed by atoms with Gasteiger partial charge in [0.05, 0.1) is 17.5 Å². The van der Waals surface area contributed by atoms with Gasteiger partial charge in [-0.1, -0.05) is 67.9 Å². The number of rotatable bonds is 5. The number of hydrogen-bond acceptors (Lipinski definition) is 2. The average molecular weight is 446 g/mol. The standard InChI is InChI=1S/C27H24ClNO3/c1-17(2)26(20-10-12-21(28)13-11-20)16-27(26)22-8-3-4-9-23(22)29(25(27)32)15-18-6-5-7-19(14-18)24(30)31/h3-14,17H,15-16H2,1-2H3,(H,30,31)/t26-,27-/m0/s1. The van der Waals surface area contributed by atoms with Crippen LogP contribution in [0.1, 0.15) is 47.3 Å². The van der Waals surface area contributed by atoms with Crippen molar-refractivity contribution in [3.63, 3.8) is 0 Å². The fraction of sp³-hybridized carbons (Fsp3) is 0.259. The van der Waals surface area contributed by atoms with Crippen LogP contribution in [0.25, 0.3) is 0 Å². The van der Waals surface area contributed by atoms with E-state index in [4.69, 9.17) is 11.6 Å². The lowest BCUT2D eigenvalue weighted by molar-refractivity contribution is -0.121. The van der Waals surface area contributed by atoms with Crippen molar-refractivity contribution in [3.05, 3.63) is 100 Å². The molecule has 2 aliphatic rings. The van der Waals surface area contributed by atoms with Crippen molar-refractivity contribution in [1.82, 2.24) is 0 Å². The molecule has 1 aliphatic carbocycles. The Morgan fingerprint density at radius 3 is 2.47 bits per heavy atom. The zero-order valence-electron chi connectivity index (χ0n) is 18.0. The van der Waals surface area contributed by atoms with E-state index in [0.29, 0.717) is 11.6 Å². The van der Waals surface area contributed by atoms with Crippen LogP contribution in [-0.4, -0.2) is 17.0 Å². The highest BCUT2D eigenvalue weighted by Crippen LogP contribution is 2.73. The number of amides is 1. The molecule has 2 atom stereocenters. The Morgan fingerprint density at radius 1 is 1.06 bits per heavy atom. The van der Waals surface area contributed by atoms with Crippen molar-refractivity contribution in [3.8, 4) is 0 Å². The third-order valence-electron chi connectivity index (χ3n) is 7.31. The number of anilines is 1. The highest BCUT2D eigenvalue weighted by atomic mass is 35.5. The maximum Gasteiger partial charge on any atom is 0.335 e. The Kier molecular flexibility index (Phi) is 4.68. The molecular weight excluding hydrogens is 422 g/mol. The molecule has 1 spiro atoms. The lowest BCUT2D eigenvalue weighted by atomic mass is 9.75. The average Bonchev–Trinajstić information content (AvgIpc) is 3.45. The van der Waals surface area contributed by atoms with Crippen molar-refractivity contribution in [2.45, 2.75) is 37.6 Å². The van der Waals surface area contributed by atoms with E-state index in [-0.39, 0.29) is 22.8 Å². The first-order chi connectivity index (χ1) is 15.3. The second-order valence-corrected chi connectivity index (χ2v) is 9.57. The van der Waals surface area contributed by atoms with Gasteiger partial charge in [-0.05, 0) is 59.4 Å². The molecule has 0 aromatic heterocycles. The number of halogens is 1. The van der Waals surface area contributed by atoms with E-state index in [0.717, 1.165) is 28.8 Å². The molecule has 3 aromatic rings. The topological polar surface area (TPSA) is 57.6 Å². The normalized spacial score (nSPS) is 23.6. The van der Waals surface area contributed by atoms with Crippen molar-refractivity contribution >= 4 is 29.2 Å². The van der Waals surface area contributed by atoms with Gasteiger partial charge in [0.15, 0.2) is 0 Å². The third kappa shape index (κ3) is 2.75. The molecule has 1 aliphatic heterocycles. The van der Waals surface area contributed by atoms with Gasteiger partial charge in [0.2, 0.25) is 5.91 Å². The molecule has 1 saturated carbocycles. The number of aromatic carboxylic acids is 1. The van der Waals surface area contributed by atoms with Crippen LogP contribution in [0.4, 0.5) is 5.69 Å². The molecule has 0 unspecified atom stereocenters. The largest absolute Gasteiger partial charge is 0.478 e. The lowest BCUT2D eigenvalue weighted by Gasteiger charge is -2.27. The molecule has 1 amide bonds. The number of carbonyl (C=O) groups is 2. The van der Waals surface area contributed by atoms with Gasteiger partial charge in [-0.25, -0.2) is 4.79 Å². The molecule has 5 heteroatoms. The molecule has 0 radical (unpaired) electrons. The monoisotopic (exact) mass is 445 g/mol. The summed E-state index contributed by atoms with van der Waals surface area (Å²) in [4.78, 5) is 27.4. The van der Waals surface area contributed by atoms with Crippen LogP contribution < -0.4 is 4.90 Å². The first-order valence-electron chi connectivity index (χ1n) is 10.8. The summed E-state index contributed by atoms with van der Waals surface area (Å²) in [5.74, 6) is -0.640. The van der Waals surface area contributed by atoms with Crippen molar-refractivity contribution in [2.24, 2.45) is 5.92 Å². The molecular formula is C27H24ClNO3. The molecule has 3 aromatic carbocycles. The zero-order valence-corrected chi connectivity index (χ0v) is 18.8. The van der Waals surface area contributed by atoms with Crippen LogP contribution in [0, 0.1) is 5.92 Å². The second kappa shape index (κ2) is 7.21. The summed E-state index contributed by atoms with van der Waals surface area (Å²) in [6.45, 7) is 4.70. The maximum absolute atomic E-state index is 14.1. The van der Waals surface area contributed by atoms with Crippen LogP contribution in [0.15, 0.2) is 72.8 Å². The molecule has 1 heterocycles. The summed E-state index contributed by atoms with van der Waals surface area (Å²) in [6, 6.07) is 22.7. The third-order valence-corrected chi connectivity index (χ3v) is 7.56. The van der Waals surface area contributed by atoms with Gasteiger partial charge < -0.3 is 10.0 Å². The molecule has 162 valence electrons. The minimum atomic E-state index is -0.972. The first kappa shape index (κ1) is 20.8. The number of nitrogens with zero attached hydrogens (tertiary/aromatic N) is 1. The van der Waals surface area contributed by atoms with E-state index >= 15 is 0 Å². The molecule has 1 N–H and O–H groups in total. The smallest absolute Gasteiger partial charge is 0.335 e. The van der Waals surface area contributed by atoms with E-state index in [1.165, 1.54) is 0 Å². The van der Waals surface area contributed by atoms with Gasteiger partial charge in [-0.2, -0.15) is 0 Å². The van der Waals surface area contributed by atoms with Crippen LogP contribution >= 0.6 is 11.6 Å². The summed E-state index contributed by atoms with van der Waals surface area (Å²) in [5.41, 5.74) is 3.21. The van der Waals surface area contributed by atoms with Gasteiger partial charge in [-0.15, -0.1) is 0 Å². The number of carbonyl (C=O) groups excluding carboxylic acids is 1. The van der Waals surface area contributed by atoms with E-state index in [2.05, 4.69) is 19.9 Å². The highest BCUT2D eigenvalue weighted by Gasteiger charge is 2.77. The first-order valence-corrected chi connectivity index (χ1v) is 11.2. The molecule has 1 fully saturated rings. The summed E-state index contributed by atoms with van der Waals surface area (Å²) in [5, 5.41) is 10.0. The number of fused-ring (bicyclic) bond motifs is 2. The van der Waals surface area contributed by atoms with Crippen LogP contribution in [0.3, 0.4) is 0 Å². The Balaban J connectivity index is 1.60. The number of carboxylic acids is 1.